The molecule has 2 aromatic heterocycles. The third-order valence-electron chi connectivity index (χ3n) is 2.76. The Morgan fingerprint density at radius 2 is 2.06 bits per heavy atom. The smallest absolute Gasteiger partial charge is 0.137 e. The van der Waals surface area contributed by atoms with Crippen LogP contribution >= 0.6 is 0 Å². The summed E-state index contributed by atoms with van der Waals surface area (Å²) in [6.07, 6.45) is 3.72. The van der Waals surface area contributed by atoms with Crippen LogP contribution in [0.4, 0.5) is 5.69 Å². The van der Waals surface area contributed by atoms with Crippen molar-refractivity contribution in [2.24, 2.45) is 0 Å². The van der Waals surface area contributed by atoms with Gasteiger partial charge in [-0.05, 0) is 24.3 Å². The van der Waals surface area contributed by atoms with Gasteiger partial charge in [-0.3, -0.25) is 0 Å². The summed E-state index contributed by atoms with van der Waals surface area (Å²) in [5.74, 6) is 0. The van der Waals surface area contributed by atoms with E-state index in [-0.39, 0.29) is 0 Å². The number of benzene rings is 1. The molecule has 1 aromatic carbocycles. The average molecular weight is 234 g/mol. The van der Waals surface area contributed by atoms with Crippen molar-refractivity contribution in [1.82, 2.24) is 9.38 Å². The first-order valence-electron chi connectivity index (χ1n) is 5.51. The summed E-state index contributed by atoms with van der Waals surface area (Å²) in [6, 6.07) is 13.2. The van der Waals surface area contributed by atoms with Crippen LogP contribution in [-0.2, 0) is 0 Å². The Morgan fingerprint density at radius 1 is 1.17 bits per heavy atom. The fraction of sp³-hybridized carbons (Fsp3) is 0. The molecule has 0 bridgehead atoms. The van der Waals surface area contributed by atoms with E-state index in [4.69, 9.17) is 11.0 Å². The fourth-order valence-corrected chi connectivity index (χ4v) is 1.90. The number of nitrogens with zero attached hydrogens (tertiary/aromatic N) is 3. The summed E-state index contributed by atoms with van der Waals surface area (Å²) < 4.78 is 1.88. The maximum Gasteiger partial charge on any atom is 0.137 e. The lowest BCUT2D eigenvalue weighted by molar-refractivity contribution is 1.19. The van der Waals surface area contributed by atoms with E-state index in [9.17, 15) is 0 Å². The molecule has 0 aliphatic rings. The summed E-state index contributed by atoms with van der Waals surface area (Å²) in [5, 5.41) is 8.89. The Labute approximate surface area is 104 Å². The summed E-state index contributed by atoms with van der Waals surface area (Å²) in [5.41, 5.74) is 9.64. The maximum atomic E-state index is 8.89. The molecule has 0 atom stereocenters. The van der Waals surface area contributed by atoms with Crippen LogP contribution < -0.4 is 5.73 Å². The molecule has 0 saturated heterocycles. The molecule has 2 N–H and O–H groups in total. The molecule has 0 saturated carbocycles. The van der Waals surface area contributed by atoms with E-state index >= 15 is 0 Å². The average Bonchev–Trinajstić information content (AvgIpc) is 2.81. The Balaban J connectivity index is 2.16. The largest absolute Gasteiger partial charge is 0.398 e. The molecule has 0 unspecified atom stereocenters. The van der Waals surface area contributed by atoms with Gasteiger partial charge in [-0.1, -0.05) is 12.1 Å². The zero-order valence-corrected chi connectivity index (χ0v) is 9.54. The van der Waals surface area contributed by atoms with Gasteiger partial charge in [0.05, 0.1) is 17.3 Å². The van der Waals surface area contributed by atoms with Crippen molar-refractivity contribution in [2.75, 3.05) is 5.73 Å². The Morgan fingerprint density at radius 3 is 2.89 bits per heavy atom. The first-order chi connectivity index (χ1) is 8.76. The molecular formula is C14H10N4. The van der Waals surface area contributed by atoms with E-state index in [2.05, 4.69) is 11.1 Å². The van der Waals surface area contributed by atoms with Crippen molar-refractivity contribution in [2.45, 2.75) is 0 Å². The lowest BCUT2D eigenvalue weighted by Crippen LogP contribution is -1.88. The van der Waals surface area contributed by atoms with Crippen molar-refractivity contribution < 1.29 is 0 Å². The van der Waals surface area contributed by atoms with Crippen LogP contribution in [0.2, 0.25) is 0 Å². The van der Waals surface area contributed by atoms with Crippen molar-refractivity contribution in [3.8, 4) is 17.3 Å². The summed E-state index contributed by atoms with van der Waals surface area (Å²) in [7, 11) is 0. The highest BCUT2D eigenvalue weighted by Gasteiger charge is 2.05. The van der Waals surface area contributed by atoms with E-state index in [0.717, 1.165) is 16.9 Å². The molecule has 0 radical (unpaired) electrons. The predicted molar refractivity (Wildman–Crippen MR) is 69.8 cm³/mol. The van der Waals surface area contributed by atoms with Crippen molar-refractivity contribution in [3.05, 3.63) is 54.4 Å². The van der Waals surface area contributed by atoms with Crippen LogP contribution in [-0.4, -0.2) is 9.38 Å². The van der Waals surface area contributed by atoms with Crippen LogP contribution in [0.5, 0.6) is 0 Å². The van der Waals surface area contributed by atoms with Gasteiger partial charge in [0.1, 0.15) is 5.65 Å². The standard InChI is InChI=1S/C14H10N4/c15-7-10-2-1-3-11(6-10)13-9-18-8-12(16)4-5-14(18)17-13/h1-6,8-9H,16H2. The minimum Gasteiger partial charge on any atom is -0.398 e. The SMILES string of the molecule is N#Cc1cccc(-c2cn3cc(N)ccc3n2)c1. The monoisotopic (exact) mass is 234 g/mol. The topological polar surface area (TPSA) is 67.1 Å². The van der Waals surface area contributed by atoms with Gasteiger partial charge in [-0.15, -0.1) is 0 Å². The highest BCUT2D eigenvalue weighted by atomic mass is 15.0. The summed E-state index contributed by atoms with van der Waals surface area (Å²) >= 11 is 0. The highest BCUT2D eigenvalue weighted by molar-refractivity contribution is 5.65. The van der Waals surface area contributed by atoms with Gasteiger partial charge in [-0.25, -0.2) is 4.98 Å². The van der Waals surface area contributed by atoms with E-state index in [1.165, 1.54) is 0 Å². The molecule has 0 fully saturated rings. The molecule has 4 heteroatoms. The molecule has 0 amide bonds. The highest BCUT2D eigenvalue weighted by Crippen LogP contribution is 2.20. The lowest BCUT2D eigenvalue weighted by Gasteiger charge is -1.95. The number of fused-ring (bicyclic) bond motifs is 1. The maximum absolute atomic E-state index is 8.89. The molecule has 18 heavy (non-hydrogen) atoms. The Bertz CT molecular complexity index is 765. The van der Waals surface area contributed by atoms with E-state index in [1.807, 2.05) is 47.1 Å². The lowest BCUT2D eigenvalue weighted by atomic mass is 10.1. The Hall–Kier alpha value is -2.80. The molecule has 4 nitrogen and oxygen atoms in total. The first-order valence-corrected chi connectivity index (χ1v) is 5.51. The van der Waals surface area contributed by atoms with Gasteiger partial charge in [-0.2, -0.15) is 5.26 Å². The van der Waals surface area contributed by atoms with Crippen LogP contribution in [0, 0.1) is 11.3 Å². The number of aromatic nitrogens is 2. The molecule has 86 valence electrons. The van der Waals surface area contributed by atoms with Crippen LogP contribution in [0.25, 0.3) is 16.9 Å². The van der Waals surface area contributed by atoms with Gasteiger partial charge in [0.25, 0.3) is 0 Å². The Kier molecular flexibility index (Phi) is 2.24. The normalized spacial score (nSPS) is 10.4. The number of hydrogen-bond donors (Lipinski definition) is 1. The van der Waals surface area contributed by atoms with E-state index < -0.39 is 0 Å². The second-order valence-corrected chi connectivity index (χ2v) is 4.05. The number of hydrogen-bond acceptors (Lipinski definition) is 3. The molecule has 0 aliphatic heterocycles. The van der Waals surface area contributed by atoms with E-state index in [1.54, 1.807) is 6.07 Å². The van der Waals surface area contributed by atoms with E-state index in [0.29, 0.717) is 11.3 Å². The molecule has 3 rings (SSSR count). The first kappa shape index (κ1) is 10.4. The number of rotatable bonds is 1. The van der Waals surface area contributed by atoms with Crippen LogP contribution in [0.3, 0.4) is 0 Å². The second kappa shape index (κ2) is 3.90. The number of nitrogens with two attached hydrogens (primary N) is 1. The zero-order chi connectivity index (χ0) is 12.5. The molecule has 2 heterocycles. The number of pyridine rings is 1. The second-order valence-electron chi connectivity index (χ2n) is 4.05. The predicted octanol–water partition coefficient (Wildman–Crippen LogP) is 2.46. The van der Waals surface area contributed by atoms with Gasteiger partial charge >= 0.3 is 0 Å². The zero-order valence-electron chi connectivity index (χ0n) is 9.54. The fourth-order valence-electron chi connectivity index (χ4n) is 1.90. The van der Waals surface area contributed by atoms with Gasteiger partial charge in [0.15, 0.2) is 0 Å². The van der Waals surface area contributed by atoms with Gasteiger partial charge < -0.3 is 10.1 Å². The molecule has 0 aliphatic carbocycles. The van der Waals surface area contributed by atoms with Gasteiger partial charge in [0, 0.05) is 23.6 Å². The van der Waals surface area contributed by atoms with Crippen molar-refractivity contribution in [3.63, 3.8) is 0 Å². The number of anilines is 1. The summed E-state index contributed by atoms with van der Waals surface area (Å²) in [6.45, 7) is 0. The molecule has 3 aromatic rings. The van der Waals surface area contributed by atoms with Crippen LogP contribution in [0.1, 0.15) is 5.56 Å². The van der Waals surface area contributed by atoms with Gasteiger partial charge in [0.2, 0.25) is 0 Å². The third kappa shape index (κ3) is 1.68. The number of nitriles is 1. The quantitative estimate of drug-likeness (QED) is 0.703. The molecule has 0 spiro atoms. The minimum absolute atomic E-state index is 0.629. The number of imidazole rings is 1. The molecular weight excluding hydrogens is 224 g/mol. The minimum atomic E-state index is 0.629. The van der Waals surface area contributed by atoms with Crippen LogP contribution in [0.15, 0.2) is 48.8 Å². The third-order valence-corrected chi connectivity index (χ3v) is 2.76. The number of nitrogen functional groups attached to an aromatic ring is 1. The van der Waals surface area contributed by atoms with Crippen molar-refractivity contribution >= 4 is 11.3 Å². The van der Waals surface area contributed by atoms with Crippen molar-refractivity contribution in [1.29, 1.82) is 5.26 Å². The summed E-state index contributed by atoms with van der Waals surface area (Å²) in [4.78, 5) is 4.50.